The van der Waals surface area contributed by atoms with Crippen molar-refractivity contribution in [1.82, 2.24) is 14.9 Å². The van der Waals surface area contributed by atoms with Gasteiger partial charge in [-0.25, -0.2) is 9.78 Å². The van der Waals surface area contributed by atoms with Crippen LogP contribution in [0.25, 0.3) is 10.9 Å². The number of methoxy groups -OCH3 is 1. The van der Waals surface area contributed by atoms with Crippen LogP contribution in [0.15, 0.2) is 71.1 Å². The molecule has 0 aliphatic heterocycles. The average molecular weight is 438 g/mol. The summed E-state index contributed by atoms with van der Waals surface area (Å²) in [5.74, 6) is -0.697. The second-order valence-corrected chi connectivity index (χ2v) is 8.10. The molecule has 0 aliphatic rings. The predicted molar refractivity (Wildman–Crippen MR) is 121 cm³/mol. The Kier molecular flexibility index (Phi) is 7.25. The Morgan fingerprint density at radius 3 is 2.68 bits per heavy atom. The highest BCUT2D eigenvalue weighted by molar-refractivity contribution is 8.00. The van der Waals surface area contributed by atoms with Gasteiger partial charge in [-0.15, -0.1) is 6.58 Å². The van der Waals surface area contributed by atoms with Gasteiger partial charge in [-0.2, -0.15) is 0 Å². The first kappa shape index (κ1) is 22.3. The summed E-state index contributed by atoms with van der Waals surface area (Å²) in [6.07, 6.45) is 1.60. The van der Waals surface area contributed by atoms with Gasteiger partial charge in [0.05, 0.1) is 35.4 Å². The van der Waals surface area contributed by atoms with E-state index in [-0.39, 0.29) is 11.5 Å². The van der Waals surface area contributed by atoms with Gasteiger partial charge in [-0.05, 0) is 30.7 Å². The van der Waals surface area contributed by atoms with E-state index in [9.17, 15) is 14.4 Å². The number of fused-ring (bicyclic) bond motifs is 1. The van der Waals surface area contributed by atoms with Crippen molar-refractivity contribution in [3.8, 4) is 0 Å². The van der Waals surface area contributed by atoms with E-state index in [1.54, 1.807) is 29.7 Å². The van der Waals surface area contributed by atoms with Crippen molar-refractivity contribution in [3.05, 3.63) is 82.7 Å². The predicted octanol–water partition coefficient (Wildman–Crippen LogP) is 3.01. The van der Waals surface area contributed by atoms with E-state index in [0.717, 1.165) is 5.56 Å². The van der Waals surface area contributed by atoms with Gasteiger partial charge < -0.3 is 10.1 Å². The van der Waals surface area contributed by atoms with E-state index < -0.39 is 11.2 Å². The van der Waals surface area contributed by atoms with Crippen molar-refractivity contribution < 1.29 is 14.3 Å². The molecule has 1 amide bonds. The first-order valence-electron chi connectivity index (χ1n) is 9.66. The smallest absolute Gasteiger partial charge is 0.337 e. The monoisotopic (exact) mass is 437 g/mol. The van der Waals surface area contributed by atoms with Crippen LogP contribution >= 0.6 is 11.8 Å². The Balaban J connectivity index is 2.09. The minimum absolute atomic E-state index is 0.186. The molecule has 1 heterocycles. The molecule has 7 nitrogen and oxygen atoms in total. The summed E-state index contributed by atoms with van der Waals surface area (Å²) >= 11 is 1.19. The summed E-state index contributed by atoms with van der Waals surface area (Å²) in [5.41, 5.74) is 1.36. The van der Waals surface area contributed by atoms with E-state index in [4.69, 9.17) is 4.74 Å². The minimum Gasteiger partial charge on any atom is -0.465 e. The molecule has 0 radical (unpaired) electrons. The molecule has 3 rings (SSSR count). The number of thioether (sulfide) groups is 1. The van der Waals surface area contributed by atoms with Crippen LogP contribution in [0, 0.1) is 0 Å². The Hall–Kier alpha value is -3.39. The zero-order chi connectivity index (χ0) is 22.4. The number of aromatic nitrogens is 2. The summed E-state index contributed by atoms with van der Waals surface area (Å²) in [6, 6.07) is 14.2. The molecule has 0 fully saturated rings. The Labute approximate surface area is 184 Å². The third kappa shape index (κ3) is 5.21. The molecule has 3 aromatic rings. The molecule has 8 heteroatoms. The third-order valence-corrected chi connectivity index (χ3v) is 5.69. The van der Waals surface area contributed by atoms with E-state index in [1.165, 1.54) is 24.9 Å². The number of carbonyl (C=O) groups excluding carboxylic acids is 2. The van der Waals surface area contributed by atoms with Crippen LogP contribution in [0.3, 0.4) is 0 Å². The zero-order valence-electron chi connectivity index (χ0n) is 17.3. The molecule has 31 heavy (non-hydrogen) atoms. The number of nitrogens with one attached hydrogen (secondary N) is 1. The Morgan fingerprint density at radius 2 is 2.00 bits per heavy atom. The molecule has 1 aromatic heterocycles. The van der Waals surface area contributed by atoms with Crippen molar-refractivity contribution in [1.29, 1.82) is 0 Å². The van der Waals surface area contributed by atoms with Crippen LogP contribution in [0.5, 0.6) is 0 Å². The Morgan fingerprint density at radius 1 is 1.26 bits per heavy atom. The number of hydrogen-bond donors (Lipinski definition) is 1. The summed E-state index contributed by atoms with van der Waals surface area (Å²) in [7, 11) is 1.29. The standard InChI is InChI=1S/C23H23N3O4S/c1-4-12-24-20(27)15(2)31-23-25-19-13-17(22(29)30-3)10-11-18(19)21(28)26(23)14-16-8-6-5-7-9-16/h4-11,13,15H,1,12,14H2,2-3H3,(H,24,27)/t15-/m1/s1. The first-order chi connectivity index (χ1) is 14.9. The van der Waals surface area contributed by atoms with Crippen LogP contribution in [0.4, 0.5) is 0 Å². The fourth-order valence-corrected chi connectivity index (χ4v) is 3.90. The molecule has 1 N–H and O–H groups in total. The maximum atomic E-state index is 13.3. The van der Waals surface area contributed by atoms with Gasteiger partial charge in [-0.3, -0.25) is 14.2 Å². The maximum absolute atomic E-state index is 13.3. The van der Waals surface area contributed by atoms with Gasteiger partial charge >= 0.3 is 5.97 Å². The van der Waals surface area contributed by atoms with Gasteiger partial charge in [0, 0.05) is 6.54 Å². The van der Waals surface area contributed by atoms with Crippen LogP contribution in [0.2, 0.25) is 0 Å². The van der Waals surface area contributed by atoms with E-state index in [2.05, 4.69) is 16.9 Å². The van der Waals surface area contributed by atoms with Crippen LogP contribution < -0.4 is 10.9 Å². The molecule has 2 aromatic carbocycles. The summed E-state index contributed by atoms with van der Waals surface area (Å²) in [6.45, 7) is 6.01. The Bertz CT molecular complexity index is 1170. The number of benzene rings is 2. The van der Waals surface area contributed by atoms with Crippen molar-refractivity contribution in [3.63, 3.8) is 0 Å². The fourth-order valence-electron chi connectivity index (χ4n) is 2.97. The summed E-state index contributed by atoms with van der Waals surface area (Å²) in [4.78, 5) is 42.2. The molecule has 0 bridgehead atoms. The van der Waals surface area contributed by atoms with Crippen LogP contribution in [0.1, 0.15) is 22.8 Å². The molecule has 160 valence electrons. The average Bonchev–Trinajstić information content (AvgIpc) is 2.79. The van der Waals surface area contributed by atoms with Crippen LogP contribution in [-0.4, -0.2) is 40.3 Å². The largest absolute Gasteiger partial charge is 0.465 e. The number of hydrogen-bond acceptors (Lipinski definition) is 6. The highest BCUT2D eigenvalue weighted by Crippen LogP contribution is 2.24. The topological polar surface area (TPSA) is 90.3 Å². The normalized spacial score (nSPS) is 11.7. The number of amides is 1. The molecular formula is C23H23N3O4S. The lowest BCUT2D eigenvalue weighted by atomic mass is 10.1. The molecule has 0 unspecified atom stereocenters. The fraction of sp³-hybridized carbons (Fsp3) is 0.217. The van der Waals surface area contributed by atoms with Gasteiger partial charge in [0.1, 0.15) is 0 Å². The molecule has 0 saturated heterocycles. The molecule has 1 atom stereocenters. The number of nitrogens with zero attached hydrogens (tertiary/aromatic N) is 2. The number of rotatable bonds is 8. The first-order valence-corrected chi connectivity index (χ1v) is 10.5. The van der Waals surface area contributed by atoms with Crippen LogP contribution in [-0.2, 0) is 16.1 Å². The minimum atomic E-state index is -0.511. The van der Waals surface area contributed by atoms with Gasteiger partial charge in [0.2, 0.25) is 5.91 Å². The van der Waals surface area contributed by atoms with Gasteiger partial charge in [0.15, 0.2) is 5.16 Å². The second kappa shape index (κ2) is 10.1. The van der Waals surface area contributed by atoms with Crippen molar-refractivity contribution in [2.45, 2.75) is 23.9 Å². The third-order valence-electron chi connectivity index (χ3n) is 4.60. The SMILES string of the molecule is C=CCNC(=O)[C@@H](C)Sc1nc2cc(C(=O)OC)ccc2c(=O)n1Cc1ccccc1. The molecule has 0 saturated carbocycles. The number of carbonyl (C=O) groups is 2. The molecular weight excluding hydrogens is 414 g/mol. The lowest BCUT2D eigenvalue weighted by Gasteiger charge is -2.16. The van der Waals surface area contributed by atoms with E-state index in [1.807, 2.05) is 30.3 Å². The number of esters is 1. The van der Waals surface area contributed by atoms with E-state index in [0.29, 0.717) is 34.7 Å². The molecule has 0 aliphatic carbocycles. The lowest BCUT2D eigenvalue weighted by molar-refractivity contribution is -0.120. The van der Waals surface area contributed by atoms with Gasteiger partial charge in [0.25, 0.3) is 5.56 Å². The lowest BCUT2D eigenvalue weighted by Crippen LogP contribution is -2.32. The van der Waals surface area contributed by atoms with Crippen molar-refractivity contribution in [2.24, 2.45) is 0 Å². The summed E-state index contributed by atoms with van der Waals surface area (Å²) < 4.78 is 6.32. The summed E-state index contributed by atoms with van der Waals surface area (Å²) in [5, 5.41) is 3.04. The number of ether oxygens (including phenoxy) is 1. The van der Waals surface area contributed by atoms with E-state index >= 15 is 0 Å². The zero-order valence-corrected chi connectivity index (χ0v) is 18.1. The van der Waals surface area contributed by atoms with Gasteiger partial charge in [-0.1, -0.05) is 48.2 Å². The molecule has 0 spiro atoms. The quantitative estimate of drug-likeness (QED) is 0.252. The second-order valence-electron chi connectivity index (χ2n) is 6.79. The van der Waals surface area contributed by atoms with Crippen molar-refractivity contribution in [2.75, 3.05) is 13.7 Å². The highest BCUT2D eigenvalue weighted by Gasteiger charge is 2.20. The maximum Gasteiger partial charge on any atom is 0.337 e. The highest BCUT2D eigenvalue weighted by atomic mass is 32.2. The van der Waals surface area contributed by atoms with Crippen molar-refractivity contribution >= 4 is 34.5 Å².